The number of aliphatic hydroxyl groups is 1. The van der Waals surface area contributed by atoms with Crippen molar-refractivity contribution in [3.63, 3.8) is 0 Å². The molecule has 0 aromatic heterocycles. The van der Waals surface area contributed by atoms with Gasteiger partial charge in [-0.25, -0.2) is 4.79 Å². The lowest BCUT2D eigenvalue weighted by Gasteiger charge is -2.05. The van der Waals surface area contributed by atoms with Crippen LogP contribution in [0.2, 0.25) is 0 Å². The van der Waals surface area contributed by atoms with Crippen LogP contribution in [0.1, 0.15) is 110 Å². The van der Waals surface area contributed by atoms with Gasteiger partial charge in [-0.2, -0.15) is 0 Å². The molecular formula is C22H42O3. The second-order valence-electron chi connectivity index (χ2n) is 7.13. The van der Waals surface area contributed by atoms with Gasteiger partial charge in [-0.3, -0.25) is 0 Å². The minimum atomic E-state index is -0.173. The van der Waals surface area contributed by atoms with E-state index in [0.29, 0.717) is 18.8 Å². The van der Waals surface area contributed by atoms with Crippen molar-refractivity contribution < 1.29 is 14.6 Å². The molecule has 0 fully saturated rings. The summed E-state index contributed by atoms with van der Waals surface area (Å²) in [7, 11) is 0. The molecule has 3 heteroatoms. The first-order chi connectivity index (χ1) is 12.2. The Balaban J connectivity index is 3.11. The molecule has 0 spiro atoms. The maximum absolute atomic E-state index is 11.4. The van der Waals surface area contributed by atoms with Crippen molar-refractivity contribution in [3.8, 4) is 0 Å². The first-order valence-electron chi connectivity index (χ1n) is 10.6. The average molecular weight is 355 g/mol. The Labute approximate surface area is 156 Å². The topological polar surface area (TPSA) is 46.5 Å². The smallest absolute Gasteiger partial charge is 0.333 e. The SMILES string of the molecule is CC=C(C)C(=O)OCCCCCCCCCCCCCCCCCO. The molecule has 0 atom stereocenters. The third-order valence-corrected chi connectivity index (χ3v) is 4.79. The fourth-order valence-corrected chi connectivity index (χ4v) is 2.91. The lowest BCUT2D eigenvalue weighted by atomic mass is 10.0. The van der Waals surface area contributed by atoms with Gasteiger partial charge in [-0.15, -0.1) is 0 Å². The monoisotopic (exact) mass is 354 g/mol. The van der Waals surface area contributed by atoms with Crippen LogP contribution in [0.5, 0.6) is 0 Å². The van der Waals surface area contributed by atoms with Gasteiger partial charge in [0.25, 0.3) is 0 Å². The van der Waals surface area contributed by atoms with E-state index in [1.807, 2.05) is 6.92 Å². The molecule has 0 aliphatic heterocycles. The molecule has 0 aromatic rings. The second-order valence-corrected chi connectivity index (χ2v) is 7.13. The number of carbonyl (C=O) groups is 1. The van der Waals surface area contributed by atoms with Gasteiger partial charge in [0.2, 0.25) is 0 Å². The lowest BCUT2D eigenvalue weighted by Crippen LogP contribution is -2.06. The van der Waals surface area contributed by atoms with Crippen LogP contribution in [0.4, 0.5) is 0 Å². The third kappa shape index (κ3) is 17.8. The average Bonchev–Trinajstić information content (AvgIpc) is 2.63. The summed E-state index contributed by atoms with van der Waals surface area (Å²) in [6.45, 7) is 4.56. The summed E-state index contributed by atoms with van der Waals surface area (Å²) in [6, 6.07) is 0. The molecule has 0 rings (SSSR count). The van der Waals surface area contributed by atoms with Crippen LogP contribution in [-0.2, 0) is 9.53 Å². The molecule has 148 valence electrons. The van der Waals surface area contributed by atoms with Gasteiger partial charge < -0.3 is 9.84 Å². The molecule has 0 unspecified atom stereocenters. The molecular weight excluding hydrogens is 312 g/mol. The Hall–Kier alpha value is -0.830. The molecule has 0 saturated carbocycles. The summed E-state index contributed by atoms with van der Waals surface area (Å²) in [5, 5.41) is 8.71. The van der Waals surface area contributed by atoms with Crippen molar-refractivity contribution in [1.82, 2.24) is 0 Å². The molecule has 0 aliphatic carbocycles. The molecule has 3 nitrogen and oxygen atoms in total. The molecule has 0 aliphatic rings. The maximum Gasteiger partial charge on any atom is 0.333 e. The lowest BCUT2D eigenvalue weighted by molar-refractivity contribution is -0.139. The first kappa shape index (κ1) is 24.2. The highest BCUT2D eigenvalue weighted by atomic mass is 16.5. The second kappa shape index (κ2) is 19.5. The van der Waals surface area contributed by atoms with E-state index in [2.05, 4.69) is 0 Å². The number of aliphatic hydroxyl groups excluding tert-OH is 1. The zero-order valence-electron chi connectivity index (χ0n) is 16.9. The molecule has 0 aromatic carbocycles. The van der Waals surface area contributed by atoms with Crippen LogP contribution in [0.3, 0.4) is 0 Å². The molecule has 0 saturated heterocycles. The number of rotatable bonds is 18. The van der Waals surface area contributed by atoms with Crippen LogP contribution in [0.15, 0.2) is 11.6 Å². The van der Waals surface area contributed by atoms with Crippen LogP contribution in [-0.4, -0.2) is 24.3 Å². The fraction of sp³-hybridized carbons (Fsp3) is 0.864. The van der Waals surface area contributed by atoms with Gasteiger partial charge in [-0.1, -0.05) is 89.5 Å². The number of hydrogen-bond donors (Lipinski definition) is 1. The van der Waals surface area contributed by atoms with Crippen molar-refractivity contribution in [2.75, 3.05) is 13.2 Å². The van der Waals surface area contributed by atoms with Gasteiger partial charge in [0.1, 0.15) is 0 Å². The molecule has 0 heterocycles. The molecule has 0 radical (unpaired) electrons. The number of ether oxygens (including phenoxy) is 1. The minimum absolute atomic E-state index is 0.173. The highest BCUT2D eigenvalue weighted by molar-refractivity contribution is 5.87. The number of unbranched alkanes of at least 4 members (excludes halogenated alkanes) is 14. The Morgan fingerprint density at radius 1 is 0.720 bits per heavy atom. The van der Waals surface area contributed by atoms with Crippen LogP contribution in [0.25, 0.3) is 0 Å². The summed E-state index contributed by atoms with van der Waals surface area (Å²) in [5.74, 6) is -0.173. The summed E-state index contributed by atoms with van der Waals surface area (Å²) in [4.78, 5) is 11.4. The fourth-order valence-electron chi connectivity index (χ4n) is 2.91. The highest BCUT2D eigenvalue weighted by Crippen LogP contribution is 2.13. The Kier molecular flexibility index (Phi) is 18.8. The van der Waals surface area contributed by atoms with Gasteiger partial charge in [0.05, 0.1) is 6.61 Å². The Bertz CT molecular complexity index is 323. The van der Waals surface area contributed by atoms with Crippen molar-refractivity contribution in [2.45, 2.75) is 110 Å². The van der Waals surface area contributed by atoms with E-state index in [1.54, 1.807) is 13.0 Å². The van der Waals surface area contributed by atoms with E-state index in [4.69, 9.17) is 9.84 Å². The van der Waals surface area contributed by atoms with E-state index < -0.39 is 0 Å². The van der Waals surface area contributed by atoms with E-state index in [1.165, 1.54) is 83.5 Å². The Morgan fingerprint density at radius 3 is 1.44 bits per heavy atom. The number of hydrogen-bond acceptors (Lipinski definition) is 3. The summed E-state index contributed by atoms with van der Waals surface area (Å²) in [6.07, 6.45) is 20.9. The first-order valence-corrected chi connectivity index (χ1v) is 10.6. The standard InChI is InChI=1S/C22H42O3/c1-3-21(2)22(24)25-20-18-16-14-12-10-8-6-4-5-7-9-11-13-15-17-19-23/h3,23H,4-20H2,1-2H3. The van der Waals surface area contributed by atoms with Gasteiger partial charge >= 0.3 is 5.97 Å². The van der Waals surface area contributed by atoms with Crippen LogP contribution >= 0.6 is 0 Å². The molecule has 0 bridgehead atoms. The van der Waals surface area contributed by atoms with Crippen LogP contribution in [0, 0.1) is 0 Å². The van der Waals surface area contributed by atoms with E-state index in [-0.39, 0.29) is 5.97 Å². The van der Waals surface area contributed by atoms with Crippen LogP contribution < -0.4 is 0 Å². The maximum atomic E-state index is 11.4. The van der Waals surface area contributed by atoms with Crippen molar-refractivity contribution in [1.29, 1.82) is 0 Å². The zero-order valence-corrected chi connectivity index (χ0v) is 16.9. The highest BCUT2D eigenvalue weighted by Gasteiger charge is 2.03. The van der Waals surface area contributed by atoms with Gasteiger partial charge in [0.15, 0.2) is 0 Å². The number of allylic oxidation sites excluding steroid dienone is 1. The number of carbonyl (C=O) groups excluding carboxylic acids is 1. The predicted molar refractivity (Wildman–Crippen MR) is 107 cm³/mol. The zero-order chi connectivity index (χ0) is 18.6. The van der Waals surface area contributed by atoms with Crippen molar-refractivity contribution in [3.05, 3.63) is 11.6 Å². The third-order valence-electron chi connectivity index (χ3n) is 4.79. The molecule has 0 amide bonds. The van der Waals surface area contributed by atoms with E-state index in [9.17, 15) is 4.79 Å². The molecule has 25 heavy (non-hydrogen) atoms. The molecule has 1 N–H and O–H groups in total. The van der Waals surface area contributed by atoms with E-state index in [0.717, 1.165) is 12.8 Å². The number of esters is 1. The summed E-state index contributed by atoms with van der Waals surface area (Å²) in [5.41, 5.74) is 0.696. The largest absolute Gasteiger partial charge is 0.462 e. The minimum Gasteiger partial charge on any atom is -0.462 e. The van der Waals surface area contributed by atoms with Gasteiger partial charge in [-0.05, 0) is 26.7 Å². The summed E-state index contributed by atoms with van der Waals surface area (Å²) < 4.78 is 5.20. The van der Waals surface area contributed by atoms with E-state index >= 15 is 0 Å². The quantitative estimate of drug-likeness (QED) is 0.177. The van der Waals surface area contributed by atoms with Crippen molar-refractivity contribution in [2.24, 2.45) is 0 Å². The van der Waals surface area contributed by atoms with Crippen molar-refractivity contribution >= 4 is 5.97 Å². The van der Waals surface area contributed by atoms with Gasteiger partial charge in [0, 0.05) is 12.2 Å². The predicted octanol–water partition coefficient (Wildman–Crippen LogP) is 6.34. The Morgan fingerprint density at radius 2 is 1.08 bits per heavy atom. The summed E-state index contributed by atoms with van der Waals surface area (Å²) >= 11 is 0. The normalized spacial score (nSPS) is 11.7.